The lowest BCUT2D eigenvalue weighted by atomic mass is 10.2. The number of benzene rings is 2. The van der Waals surface area contributed by atoms with Gasteiger partial charge in [0, 0.05) is 19.4 Å². The van der Waals surface area contributed by atoms with E-state index in [9.17, 15) is 9.18 Å². The van der Waals surface area contributed by atoms with E-state index in [1.54, 1.807) is 22.7 Å². The number of nitrogens with one attached hydrogen (secondary N) is 2. The van der Waals surface area contributed by atoms with E-state index in [4.69, 9.17) is 9.47 Å². The summed E-state index contributed by atoms with van der Waals surface area (Å²) in [5, 5.41) is 18.6. The van der Waals surface area contributed by atoms with E-state index >= 15 is 0 Å². The van der Waals surface area contributed by atoms with Gasteiger partial charge in [-0.15, -0.1) is 15.3 Å². The fourth-order valence-corrected chi connectivity index (χ4v) is 3.33. The summed E-state index contributed by atoms with van der Waals surface area (Å²) < 4.78 is 26.0. The van der Waals surface area contributed by atoms with Crippen LogP contribution in [0.15, 0.2) is 54.6 Å². The SMILES string of the molecule is O=C(CCc1nnc2ccc(NCc3ccc4c(c3)OCO4)nn12)Nc1ccccc1F. The van der Waals surface area contributed by atoms with E-state index < -0.39 is 5.82 Å². The van der Waals surface area contributed by atoms with Gasteiger partial charge in [-0.1, -0.05) is 18.2 Å². The van der Waals surface area contributed by atoms with Crippen molar-refractivity contribution in [1.29, 1.82) is 0 Å². The van der Waals surface area contributed by atoms with E-state index in [0.29, 0.717) is 30.3 Å². The monoisotopic (exact) mass is 434 g/mol. The molecule has 4 aromatic rings. The summed E-state index contributed by atoms with van der Waals surface area (Å²) in [6.45, 7) is 0.775. The summed E-state index contributed by atoms with van der Waals surface area (Å²) in [6.07, 6.45) is 0.422. The van der Waals surface area contributed by atoms with Crippen LogP contribution in [-0.4, -0.2) is 32.5 Å². The number of ether oxygens (including phenoxy) is 2. The summed E-state index contributed by atoms with van der Waals surface area (Å²) in [6, 6.07) is 15.4. The first-order valence-electron chi connectivity index (χ1n) is 10.0. The number of carbonyl (C=O) groups excluding carboxylic acids is 1. The van der Waals surface area contributed by atoms with Gasteiger partial charge in [-0.05, 0) is 42.0 Å². The maximum Gasteiger partial charge on any atom is 0.231 e. The Morgan fingerprint density at radius 2 is 1.94 bits per heavy atom. The van der Waals surface area contributed by atoms with Crippen LogP contribution in [0.1, 0.15) is 17.8 Å². The molecule has 162 valence electrons. The number of anilines is 2. The predicted molar refractivity (Wildman–Crippen MR) is 114 cm³/mol. The van der Waals surface area contributed by atoms with Gasteiger partial charge in [0.2, 0.25) is 12.7 Å². The van der Waals surface area contributed by atoms with Crippen molar-refractivity contribution in [2.24, 2.45) is 0 Å². The molecule has 1 aliphatic heterocycles. The average molecular weight is 434 g/mol. The topological polar surface area (TPSA) is 103 Å². The zero-order valence-corrected chi connectivity index (χ0v) is 16.9. The van der Waals surface area contributed by atoms with E-state index in [2.05, 4.69) is 25.9 Å². The molecule has 1 aliphatic rings. The van der Waals surface area contributed by atoms with Gasteiger partial charge in [-0.2, -0.15) is 4.52 Å². The molecule has 1 amide bonds. The van der Waals surface area contributed by atoms with Gasteiger partial charge >= 0.3 is 0 Å². The number of para-hydroxylation sites is 1. The second-order valence-corrected chi connectivity index (χ2v) is 7.17. The molecule has 0 spiro atoms. The number of hydrogen-bond donors (Lipinski definition) is 2. The van der Waals surface area contributed by atoms with Gasteiger partial charge < -0.3 is 20.1 Å². The van der Waals surface area contributed by atoms with E-state index in [1.807, 2.05) is 24.3 Å². The van der Waals surface area contributed by atoms with Crippen LogP contribution in [0.2, 0.25) is 0 Å². The molecule has 0 saturated carbocycles. The molecule has 2 aromatic carbocycles. The van der Waals surface area contributed by atoms with Gasteiger partial charge in [0.05, 0.1) is 5.69 Å². The molecule has 0 bridgehead atoms. The van der Waals surface area contributed by atoms with Crippen molar-refractivity contribution in [2.75, 3.05) is 17.4 Å². The van der Waals surface area contributed by atoms with Crippen LogP contribution in [-0.2, 0) is 17.8 Å². The van der Waals surface area contributed by atoms with E-state index in [0.717, 1.165) is 17.1 Å². The Balaban J connectivity index is 1.23. The van der Waals surface area contributed by atoms with Crippen LogP contribution in [0.3, 0.4) is 0 Å². The molecule has 0 saturated heterocycles. The van der Waals surface area contributed by atoms with E-state index in [1.165, 1.54) is 12.1 Å². The van der Waals surface area contributed by atoms with Gasteiger partial charge in [0.1, 0.15) is 11.6 Å². The first-order valence-corrected chi connectivity index (χ1v) is 10.0. The fraction of sp³-hybridized carbons (Fsp3) is 0.182. The van der Waals surface area contributed by atoms with Crippen molar-refractivity contribution in [3.63, 3.8) is 0 Å². The molecule has 0 atom stereocenters. The Kier molecular flexibility index (Phi) is 5.24. The lowest BCUT2D eigenvalue weighted by molar-refractivity contribution is -0.116. The van der Waals surface area contributed by atoms with Crippen LogP contribution in [0, 0.1) is 5.82 Å². The van der Waals surface area contributed by atoms with Crippen LogP contribution < -0.4 is 20.1 Å². The fourth-order valence-electron chi connectivity index (χ4n) is 3.33. The summed E-state index contributed by atoms with van der Waals surface area (Å²) in [7, 11) is 0. The smallest absolute Gasteiger partial charge is 0.231 e. The van der Waals surface area contributed by atoms with Crippen molar-refractivity contribution < 1.29 is 18.7 Å². The standard InChI is InChI=1S/C22H19FN6O3/c23-15-3-1-2-4-16(15)25-22(30)10-9-21-27-26-20-8-7-19(28-29(20)21)24-12-14-5-6-17-18(11-14)32-13-31-17/h1-8,11H,9-10,12-13H2,(H,24,28)(H,25,30). The lowest BCUT2D eigenvalue weighted by Crippen LogP contribution is -2.14. The largest absolute Gasteiger partial charge is 0.454 e. The number of carbonyl (C=O) groups is 1. The Hall–Kier alpha value is -4.21. The summed E-state index contributed by atoms with van der Waals surface area (Å²) >= 11 is 0. The molecule has 5 rings (SSSR count). The molecule has 9 nitrogen and oxygen atoms in total. The molecule has 32 heavy (non-hydrogen) atoms. The second-order valence-electron chi connectivity index (χ2n) is 7.17. The Morgan fingerprint density at radius 3 is 2.84 bits per heavy atom. The number of halogens is 1. The third kappa shape index (κ3) is 4.15. The predicted octanol–water partition coefficient (Wildman–Crippen LogP) is 3.18. The highest BCUT2D eigenvalue weighted by atomic mass is 19.1. The molecule has 2 N–H and O–H groups in total. The average Bonchev–Trinajstić information content (AvgIpc) is 3.44. The van der Waals surface area contributed by atoms with Gasteiger partial charge in [-0.25, -0.2) is 4.39 Å². The maximum atomic E-state index is 13.7. The van der Waals surface area contributed by atoms with Crippen molar-refractivity contribution in [3.8, 4) is 11.5 Å². The minimum Gasteiger partial charge on any atom is -0.454 e. The molecule has 0 aliphatic carbocycles. The first-order chi connectivity index (χ1) is 15.7. The molecule has 2 aromatic heterocycles. The third-order valence-corrected chi connectivity index (χ3v) is 4.96. The van der Waals surface area contributed by atoms with Gasteiger partial charge in [0.25, 0.3) is 0 Å². The summed E-state index contributed by atoms with van der Waals surface area (Å²) in [5.74, 6) is 1.84. The minimum atomic E-state index is -0.478. The number of nitrogens with zero attached hydrogens (tertiary/aromatic N) is 4. The molecule has 0 unspecified atom stereocenters. The van der Waals surface area contributed by atoms with Crippen LogP contribution >= 0.6 is 0 Å². The molecule has 3 heterocycles. The van der Waals surface area contributed by atoms with Gasteiger partial charge in [-0.3, -0.25) is 4.79 Å². The van der Waals surface area contributed by atoms with Gasteiger partial charge in [0.15, 0.2) is 23.0 Å². The molecule has 0 radical (unpaired) electrons. The first kappa shape index (κ1) is 19.7. The normalized spacial score (nSPS) is 12.2. The Morgan fingerprint density at radius 1 is 1.06 bits per heavy atom. The minimum absolute atomic E-state index is 0.117. The molecular weight excluding hydrogens is 415 g/mol. The van der Waals surface area contributed by atoms with Crippen LogP contribution in [0.4, 0.5) is 15.9 Å². The van der Waals surface area contributed by atoms with Crippen molar-refractivity contribution in [1.82, 2.24) is 19.8 Å². The Bertz CT molecular complexity index is 1290. The number of amides is 1. The highest BCUT2D eigenvalue weighted by molar-refractivity contribution is 5.90. The van der Waals surface area contributed by atoms with Crippen LogP contribution in [0.5, 0.6) is 11.5 Å². The number of fused-ring (bicyclic) bond motifs is 2. The number of aromatic nitrogens is 4. The summed E-state index contributed by atoms with van der Waals surface area (Å²) in [5.41, 5.74) is 1.74. The molecule has 10 heteroatoms. The third-order valence-electron chi connectivity index (χ3n) is 4.96. The van der Waals surface area contributed by atoms with Crippen LogP contribution in [0.25, 0.3) is 5.65 Å². The van der Waals surface area contributed by atoms with Crippen molar-refractivity contribution in [3.05, 3.63) is 71.8 Å². The molecule has 0 fully saturated rings. The molecular formula is C22H19FN6O3. The zero-order chi connectivity index (χ0) is 21.9. The second kappa shape index (κ2) is 8.50. The lowest BCUT2D eigenvalue weighted by Gasteiger charge is -2.08. The number of aryl methyl sites for hydroxylation is 1. The van der Waals surface area contributed by atoms with Crippen molar-refractivity contribution >= 4 is 23.1 Å². The Labute approximate surface area is 182 Å². The highest BCUT2D eigenvalue weighted by Gasteiger charge is 2.14. The highest BCUT2D eigenvalue weighted by Crippen LogP contribution is 2.32. The van der Waals surface area contributed by atoms with E-state index in [-0.39, 0.29) is 24.8 Å². The quantitative estimate of drug-likeness (QED) is 0.461. The van der Waals surface area contributed by atoms with Crippen molar-refractivity contribution in [2.45, 2.75) is 19.4 Å². The zero-order valence-electron chi connectivity index (χ0n) is 16.9. The number of hydrogen-bond acceptors (Lipinski definition) is 7. The number of rotatable bonds is 7. The summed E-state index contributed by atoms with van der Waals surface area (Å²) in [4.78, 5) is 12.2. The maximum absolute atomic E-state index is 13.7.